The van der Waals surface area contributed by atoms with Crippen molar-refractivity contribution < 1.29 is 15.0 Å². The smallest absolute Gasteiger partial charge is 0.306 e. The van der Waals surface area contributed by atoms with Gasteiger partial charge in [0.1, 0.15) is 0 Å². The highest BCUT2D eigenvalue weighted by Gasteiger charge is 2.09. The van der Waals surface area contributed by atoms with Gasteiger partial charge in [-0.3, -0.25) is 4.79 Å². The number of aliphatic hydroxyl groups is 1. The van der Waals surface area contributed by atoms with Gasteiger partial charge < -0.3 is 10.2 Å². The van der Waals surface area contributed by atoms with Crippen molar-refractivity contribution in [2.75, 3.05) is 6.61 Å². The van der Waals surface area contributed by atoms with Crippen LogP contribution < -0.4 is 0 Å². The molecule has 0 aromatic carbocycles. The molecule has 2 N–H and O–H groups in total. The Bertz CT molecular complexity index is 297. The highest BCUT2D eigenvalue weighted by atomic mass is 16.4. The Kier molecular flexibility index (Phi) is 12.4. The maximum Gasteiger partial charge on any atom is 0.306 e. The minimum atomic E-state index is -0.688. The number of aliphatic carboxylic acids is 1. The van der Waals surface area contributed by atoms with Gasteiger partial charge in [-0.25, -0.2) is 0 Å². The van der Waals surface area contributed by atoms with Gasteiger partial charge in [0.05, 0.1) is 5.92 Å². The first-order valence-electron chi connectivity index (χ1n) is 8.46. The molecule has 2 atom stereocenters. The summed E-state index contributed by atoms with van der Waals surface area (Å²) in [6, 6.07) is 0. The molecule has 0 aliphatic rings. The van der Waals surface area contributed by atoms with Crippen LogP contribution in [0, 0.1) is 11.8 Å². The number of rotatable bonds is 13. The quantitative estimate of drug-likeness (QED) is 0.379. The van der Waals surface area contributed by atoms with Gasteiger partial charge in [0, 0.05) is 6.61 Å². The summed E-state index contributed by atoms with van der Waals surface area (Å²) in [5.41, 5.74) is 1.39. The van der Waals surface area contributed by atoms with E-state index in [9.17, 15) is 4.79 Å². The number of allylic oxidation sites excluding steroid dienone is 2. The number of aliphatic hydroxyl groups excluding tert-OH is 1. The van der Waals surface area contributed by atoms with Gasteiger partial charge in [-0.2, -0.15) is 0 Å². The standard InChI is InChI=1S/C18H34O3/c1-15(9-5-4-6-14-19)10-7-11-16(2)12-8-13-17(3)18(20)21/h11,15,17,19H,4-10,12-14H2,1-3H3,(H,20,21). The maximum atomic E-state index is 10.7. The van der Waals surface area contributed by atoms with Crippen LogP contribution in [0.1, 0.15) is 78.6 Å². The molecule has 0 aliphatic carbocycles. The largest absolute Gasteiger partial charge is 0.481 e. The van der Waals surface area contributed by atoms with E-state index in [4.69, 9.17) is 10.2 Å². The van der Waals surface area contributed by atoms with Crippen molar-refractivity contribution in [3.05, 3.63) is 11.6 Å². The predicted octanol–water partition coefficient (Wildman–Crippen LogP) is 4.79. The Labute approximate surface area is 130 Å². The zero-order chi connectivity index (χ0) is 16.1. The summed E-state index contributed by atoms with van der Waals surface area (Å²) < 4.78 is 0. The van der Waals surface area contributed by atoms with E-state index < -0.39 is 5.97 Å². The summed E-state index contributed by atoms with van der Waals surface area (Å²) in [4.78, 5) is 10.7. The monoisotopic (exact) mass is 298 g/mol. The molecule has 0 aliphatic heterocycles. The molecule has 21 heavy (non-hydrogen) atoms. The first kappa shape index (κ1) is 20.2. The zero-order valence-corrected chi connectivity index (χ0v) is 14.1. The lowest BCUT2D eigenvalue weighted by Gasteiger charge is -2.10. The Hall–Kier alpha value is -0.830. The van der Waals surface area contributed by atoms with Crippen LogP contribution in [0.4, 0.5) is 0 Å². The van der Waals surface area contributed by atoms with Crippen molar-refractivity contribution >= 4 is 5.97 Å². The third-order valence-corrected chi connectivity index (χ3v) is 4.14. The molecule has 3 nitrogen and oxygen atoms in total. The number of carboxylic acids is 1. The van der Waals surface area contributed by atoms with Crippen molar-refractivity contribution in [3.63, 3.8) is 0 Å². The Morgan fingerprint density at radius 2 is 1.76 bits per heavy atom. The van der Waals surface area contributed by atoms with Crippen LogP contribution in [0.15, 0.2) is 11.6 Å². The van der Waals surface area contributed by atoms with Crippen molar-refractivity contribution in [1.29, 1.82) is 0 Å². The molecule has 0 rings (SSSR count). The molecule has 0 amide bonds. The summed E-state index contributed by atoms with van der Waals surface area (Å²) in [6.07, 6.45) is 12.0. The van der Waals surface area contributed by atoms with Crippen molar-refractivity contribution in [1.82, 2.24) is 0 Å². The Morgan fingerprint density at radius 3 is 2.38 bits per heavy atom. The van der Waals surface area contributed by atoms with Crippen molar-refractivity contribution in [2.24, 2.45) is 11.8 Å². The van der Waals surface area contributed by atoms with Crippen molar-refractivity contribution in [3.8, 4) is 0 Å². The number of hydrogen-bond acceptors (Lipinski definition) is 2. The first-order chi connectivity index (χ1) is 9.97. The third kappa shape index (κ3) is 12.6. The van der Waals surface area contributed by atoms with E-state index in [2.05, 4.69) is 19.9 Å². The number of carbonyl (C=O) groups is 1. The SMILES string of the molecule is CC(=CCCC(C)CCCCCO)CCCC(C)C(=O)O. The number of hydrogen-bond donors (Lipinski definition) is 2. The summed E-state index contributed by atoms with van der Waals surface area (Å²) in [5.74, 6) is -0.164. The summed E-state index contributed by atoms with van der Waals surface area (Å²) in [5, 5.41) is 17.6. The van der Waals surface area contributed by atoms with E-state index in [-0.39, 0.29) is 5.92 Å². The van der Waals surface area contributed by atoms with Gasteiger partial charge in [-0.05, 0) is 51.4 Å². The summed E-state index contributed by atoms with van der Waals surface area (Å²) >= 11 is 0. The van der Waals surface area contributed by atoms with Gasteiger partial charge >= 0.3 is 5.97 Å². The van der Waals surface area contributed by atoms with Crippen molar-refractivity contribution in [2.45, 2.75) is 78.6 Å². The van der Waals surface area contributed by atoms with Gasteiger partial charge in [0.25, 0.3) is 0 Å². The molecule has 0 spiro atoms. The zero-order valence-electron chi connectivity index (χ0n) is 14.1. The van der Waals surface area contributed by atoms with E-state index in [0.717, 1.165) is 44.4 Å². The molecule has 3 heteroatoms. The fourth-order valence-corrected chi connectivity index (χ4v) is 2.45. The molecule has 0 aromatic heterocycles. The molecule has 0 aromatic rings. The lowest BCUT2D eigenvalue weighted by atomic mass is 9.96. The number of carboxylic acid groups (broad SMARTS) is 1. The summed E-state index contributed by atoms with van der Waals surface area (Å²) in [6.45, 7) is 6.55. The average Bonchev–Trinajstić information content (AvgIpc) is 2.43. The van der Waals surface area contributed by atoms with Crippen LogP contribution in [0.5, 0.6) is 0 Å². The van der Waals surface area contributed by atoms with Gasteiger partial charge in [-0.15, -0.1) is 0 Å². The highest BCUT2D eigenvalue weighted by Crippen LogP contribution is 2.17. The van der Waals surface area contributed by atoms with Crippen LogP contribution >= 0.6 is 0 Å². The second-order valence-electron chi connectivity index (χ2n) is 6.44. The molecule has 2 unspecified atom stereocenters. The average molecular weight is 298 g/mol. The fourth-order valence-electron chi connectivity index (χ4n) is 2.45. The second-order valence-corrected chi connectivity index (χ2v) is 6.44. The van der Waals surface area contributed by atoms with Gasteiger partial charge in [0.2, 0.25) is 0 Å². The molecule has 0 saturated carbocycles. The van der Waals surface area contributed by atoms with Gasteiger partial charge in [0.15, 0.2) is 0 Å². The minimum absolute atomic E-state index is 0.225. The van der Waals surface area contributed by atoms with E-state index in [1.807, 2.05) is 0 Å². The lowest BCUT2D eigenvalue weighted by Crippen LogP contribution is -2.08. The van der Waals surface area contributed by atoms with Crippen LogP contribution in [0.3, 0.4) is 0 Å². The van der Waals surface area contributed by atoms with E-state index in [0.29, 0.717) is 6.61 Å². The molecule has 124 valence electrons. The van der Waals surface area contributed by atoms with Crippen LogP contribution in [0.25, 0.3) is 0 Å². The van der Waals surface area contributed by atoms with Gasteiger partial charge in [-0.1, -0.05) is 44.8 Å². The number of unbranched alkanes of at least 4 members (excludes halogenated alkanes) is 2. The lowest BCUT2D eigenvalue weighted by molar-refractivity contribution is -0.141. The molecular formula is C18H34O3. The first-order valence-corrected chi connectivity index (χ1v) is 8.46. The van der Waals surface area contributed by atoms with E-state index in [1.165, 1.54) is 24.8 Å². The Morgan fingerprint density at radius 1 is 1.05 bits per heavy atom. The molecule has 0 fully saturated rings. The van der Waals surface area contributed by atoms with E-state index >= 15 is 0 Å². The fraction of sp³-hybridized carbons (Fsp3) is 0.833. The Balaban J connectivity index is 3.64. The molecular weight excluding hydrogens is 264 g/mol. The van der Waals surface area contributed by atoms with Crippen LogP contribution in [-0.4, -0.2) is 22.8 Å². The third-order valence-electron chi connectivity index (χ3n) is 4.14. The molecule has 0 radical (unpaired) electrons. The maximum absolute atomic E-state index is 10.7. The van der Waals surface area contributed by atoms with Crippen LogP contribution in [-0.2, 0) is 4.79 Å². The van der Waals surface area contributed by atoms with E-state index in [1.54, 1.807) is 6.92 Å². The highest BCUT2D eigenvalue weighted by molar-refractivity contribution is 5.69. The topological polar surface area (TPSA) is 57.5 Å². The molecule has 0 bridgehead atoms. The normalized spacial score (nSPS) is 15.0. The van der Waals surface area contributed by atoms with Crippen LogP contribution in [0.2, 0.25) is 0 Å². The minimum Gasteiger partial charge on any atom is -0.481 e. The summed E-state index contributed by atoms with van der Waals surface area (Å²) in [7, 11) is 0. The molecule has 0 saturated heterocycles. The predicted molar refractivity (Wildman–Crippen MR) is 88.4 cm³/mol. The molecule has 0 heterocycles. The second kappa shape index (κ2) is 12.9.